The van der Waals surface area contributed by atoms with E-state index in [0.717, 1.165) is 9.98 Å². The van der Waals surface area contributed by atoms with Crippen molar-refractivity contribution in [2.75, 3.05) is 13.2 Å². The van der Waals surface area contributed by atoms with Crippen molar-refractivity contribution in [2.24, 2.45) is 5.73 Å². The van der Waals surface area contributed by atoms with Gasteiger partial charge in [0.1, 0.15) is 12.2 Å². The molecule has 1 aromatic heterocycles. The lowest BCUT2D eigenvalue weighted by molar-refractivity contribution is -0.0567. The fraction of sp³-hybridized carbons (Fsp3) is 0.778. The van der Waals surface area contributed by atoms with Crippen molar-refractivity contribution < 1.29 is 30.9 Å². The molecule has 2 unspecified atom stereocenters. The van der Waals surface area contributed by atoms with Crippen LogP contribution < -0.4 is 17.0 Å². The molecule has 3 aliphatic heterocycles. The second-order valence-electron chi connectivity index (χ2n) is 14.7. The van der Waals surface area contributed by atoms with Crippen molar-refractivity contribution in [3.63, 3.8) is 0 Å². The van der Waals surface area contributed by atoms with E-state index in [1.54, 1.807) is 6.92 Å². The molecule has 4 rings (SSSR count). The van der Waals surface area contributed by atoms with Crippen molar-refractivity contribution in [2.45, 2.75) is 121 Å². The largest absolute Gasteiger partial charge is 0.414 e. The summed E-state index contributed by atoms with van der Waals surface area (Å²) < 4.78 is 59.5. The van der Waals surface area contributed by atoms with Crippen molar-refractivity contribution in [3.8, 4) is 0 Å². The molecule has 0 bridgehead atoms. The molecule has 42 heavy (non-hydrogen) atoms. The van der Waals surface area contributed by atoms with Gasteiger partial charge in [-0.15, -0.1) is 0 Å². The molecule has 0 saturated carbocycles. The molecule has 4 heterocycles. The Kier molecular flexibility index (Phi) is 8.32. The first-order chi connectivity index (χ1) is 18.9. The van der Waals surface area contributed by atoms with Gasteiger partial charge in [0.15, 0.2) is 28.5 Å². The van der Waals surface area contributed by atoms with Gasteiger partial charge >= 0.3 is 5.69 Å². The molecule has 12 nitrogen and oxygen atoms in total. The molecule has 2 N–H and O–H groups in total. The van der Waals surface area contributed by atoms with Crippen LogP contribution in [0.25, 0.3) is 0 Å². The number of nitrogens with zero attached hydrogens (tertiary/aromatic N) is 2. The van der Waals surface area contributed by atoms with E-state index < -0.39 is 62.0 Å². The molecule has 0 radical (unpaired) electrons. The van der Waals surface area contributed by atoms with Gasteiger partial charge in [-0.3, -0.25) is 13.9 Å². The topological polar surface area (TPSA) is 154 Å². The lowest BCUT2D eigenvalue weighted by Gasteiger charge is -2.43. The Morgan fingerprint density at radius 2 is 1.64 bits per heavy atom. The van der Waals surface area contributed by atoms with E-state index in [0.29, 0.717) is 12.2 Å². The Morgan fingerprint density at radius 3 is 2.12 bits per heavy atom. The Morgan fingerprint density at radius 1 is 1.07 bits per heavy atom. The van der Waals surface area contributed by atoms with Crippen LogP contribution >= 0.6 is 0 Å². The summed E-state index contributed by atoms with van der Waals surface area (Å²) in [6.45, 7) is 22.7. The lowest BCUT2D eigenvalue weighted by Crippen LogP contribution is -2.59. The molecule has 1 aromatic rings. The third-order valence-corrected chi connectivity index (χ3v) is 19.5. The van der Waals surface area contributed by atoms with Crippen molar-refractivity contribution in [3.05, 3.63) is 43.7 Å². The third kappa shape index (κ3) is 5.90. The zero-order valence-electron chi connectivity index (χ0n) is 26.6. The third-order valence-electron chi connectivity index (χ3n) is 9.50. The van der Waals surface area contributed by atoms with Gasteiger partial charge in [-0.1, -0.05) is 41.5 Å². The highest BCUT2D eigenvalue weighted by Crippen LogP contribution is 2.52. The second kappa shape index (κ2) is 10.5. The summed E-state index contributed by atoms with van der Waals surface area (Å²) >= 11 is 0. The SMILES string of the molecule is Cc1cn([C@@H]2O[C@H](CO[Si](C)(C)C(C)(C)C)C3(OS(=O)(=O)C=C3N)[C@H]2O[Si](C)(C)C(C)(C)C)c(=O)n(CC2CO2)c1=O. The molecule has 5 atom stereocenters. The highest BCUT2D eigenvalue weighted by molar-refractivity contribution is 7.90. The van der Waals surface area contributed by atoms with Gasteiger partial charge in [0.05, 0.1) is 37.0 Å². The summed E-state index contributed by atoms with van der Waals surface area (Å²) in [7, 11) is -9.24. The van der Waals surface area contributed by atoms with Crippen molar-refractivity contribution in [1.82, 2.24) is 9.13 Å². The van der Waals surface area contributed by atoms with E-state index in [1.165, 1.54) is 10.8 Å². The Hall–Kier alpha value is -1.60. The Balaban J connectivity index is 1.92. The number of aromatic nitrogens is 2. The number of nitrogens with two attached hydrogens (primary N) is 1. The molecule has 238 valence electrons. The number of epoxide rings is 1. The monoisotopic (exact) mass is 645 g/mol. The van der Waals surface area contributed by atoms with Crippen molar-refractivity contribution >= 4 is 26.8 Å². The highest BCUT2D eigenvalue weighted by Gasteiger charge is 2.67. The molecule has 0 amide bonds. The molecule has 2 fully saturated rings. The van der Waals surface area contributed by atoms with Crippen LogP contribution in [0.15, 0.2) is 26.9 Å². The fourth-order valence-electron chi connectivity index (χ4n) is 4.69. The maximum Gasteiger partial charge on any atom is 0.333 e. The number of ether oxygens (including phenoxy) is 2. The normalized spacial score (nSPS) is 29.7. The molecular formula is C27H47N3O9SSi2. The number of aryl methyl sites for hydroxylation is 1. The predicted octanol–water partition coefficient (Wildman–Crippen LogP) is 2.93. The van der Waals surface area contributed by atoms with Crippen LogP contribution in [0.1, 0.15) is 53.3 Å². The first kappa shape index (κ1) is 33.3. The van der Waals surface area contributed by atoms with Crippen LogP contribution in [-0.2, 0) is 39.2 Å². The minimum absolute atomic E-state index is 0.0439. The summed E-state index contributed by atoms with van der Waals surface area (Å²) in [5.41, 5.74) is 3.90. The highest BCUT2D eigenvalue weighted by atomic mass is 32.2. The lowest BCUT2D eigenvalue weighted by atomic mass is 9.89. The van der Waals surface area contributed by atoms with E-state index in [9.17, 15) is 18.0 Å². The summed E-state index contributed by atoms with van der Waals surface area (Å²) in [5.74, 6) is 0. The Bertz CT molecular complexity index is 1480. The van der Waals surface area contributed by atoms with Crippen LogP contribution in [0.4, 0.5) is 0 Å². The van der Waals surface area contributed by atoms with Crippen LogP contribution in [-0.4, -0.2) is 71.3 Å². The smallest absolute Gasteiger partial charge is 0.333 e. The summed E-state index contributed by atoms with van der Waals surface area (Å²) in [6.07, 6.45) is -2.17. The van der Waals surface area contributed by atoms with Gasteiger partial charge in [-0.05, 0) is 43.2 Å². The molecule has 15 heteroatoms. The van der Waals surface area contributed by atoms with E-state index in [4.69, 9.17) is 28.2 Å². The van der Waals surface area contributed by atoms with E-state index in [1.807, 2.05) is 33.9 Å². The van der Waals surface area contributed by atoms with Crippen molar-refractivity contribution in [1.29, 1.82) is 0 Å². The quantitative estimate of drug-likeness (QED) is 0.254. The minimum Gasteiger partial charge on any atom is -0.414 e. The Labute approximate surface area is 250 Å². The van der Waals surface area contributed by atoms with E-state index >= 15 is 0 Å². The zero-order chi connectivity index (χ0) is 31.8. The van der Waals surface area contributed by atoms with Gasteiger partial charge in [0.2, 0.25) is 0 Å². The standard InChI is InChI=1S/C27H47N3O9SSi2/c1-17-12-30(24(32)29(22(17)31)13-18-14-35-18)23-21(38-42(10,11)26(5,6)7)27(19(28)16-40(33,34)39-27)20(37-23)15-36-41(8,9)25(2,3)4/h12,16,18,20-21,23H,13-15,28H2,1-11H3/t18?,20-,21+,23-,27?/m1/s1. The average Bonchev–Trinajstić information content (AvgIpc) is 3.54. The number of rotatable bonds is 8. The van der Waals surface area contributed by atoms with Crippen LogP contribution in [0, 0.1) is 6.92 Å². The molecule has 0 aliphatic carbocycles. The fourth-order valence-corrected chi connectivity index (χ4v) is 8.20. The van der Waals surface area contributed by atoms with Crippen LogP contribution in [0.2, 0.25) is 36.3 Å². The summed E-state index contributed by atoms with van der Waals surface area (Å²) in [5, 5.41) is 0.445. The van der Waals surface area contributed by atoms with Crippen LogP contribution in [0.5, 0.6) is 0 Å². The van der Waals surface area contributed by atoms with E-state index in [2.05, 4.69) is 33.9 Å². The molecule has 0 aromatic carbocycles. The van der Waals surface area contributed by atoms with Gasteiger partial charge < -0.3 is 24.1 Å². The van der Waals surface area contributed by atoms with E-state index in [-0.39, 0.29) is 35.0 Å². The minimum atomic E-state index is -4.21. The summed E-state index contributed by atoms with van der Waals surface area (Å²) in [4.78, 5) is 26.9. The summed E-state index contributed by atoms with van der Waals surface area (Å²) in [6, 6.07) is 0. The van der Waals surface area contributed by atoms with Gasteiger partial charge in [-0.2, -0.15) is 8.42 Å². The van der Waals surface area contributed by atoms with Gasteiger partial charge in [-0.25, -0.2) is 8.98 Å². The maximum atomic E-state index is 13.9. The second-order valence-corrected chi connectivity index (χ2v) is 25.7. The first-order valence-electron chi connectivity index (χ1n) is 14.3. The van der Waals surface area contributed by atoms with Gasteiger partial charge in [0.25, 0.3) is 15.7 Å². The average molecular weight is 646 g/mol. The molecule has 3 aliphatic rings. The molecular weight excluding hydrogens is 599 g/mol. The number of hydrogen-bond donors (Lipinski definition) is 1. The van der Waals surface area contributed by atoms with Gasteiger partial charge in [0, 0.05) is 11.8 Å². The molecule has 1 spiro atoms. The van der Waals surface area contributed by atoms with Crippen LogP contribution in [0.3, 0.4) is 0 Å². The molecule has 2 saturated heterocycles. The number of hydrogen-bond acceptors (Lipinski definition) is 10. The predicted molar refractivity (Wildman–Crippen MR) is 164 cm³/mol. The maximum absolute atomic E-state index is 13.9. The zero-order valence-corrected chi connectivity index (χ0v) is 29.5. The first-order valence-corrected chi connectivity index (χ1v) is 21.6.